The Morgan fingerprint density at radius 3 is 2.38 bits per heavy atom. The molecule has 3 heteroatoms. The Hall–Kier alpha value is -2.65. The number of rotatable bonds is 5. The normalized spacial score (nSPS) is 14.0. The van der Waals surface area contributed by atoms with E-state index in [9.17, 15) is 5.11 Å². The van der Waals surface area contributed by atoms with Gasteiger partial charge < -0.3 is 9.67 Å². The minimum absolute atomic E-state index is 0.400. The number of aryl methyl sites for hydroxylation is 1. The fraction of sp³-hybridized carbons (Fsp3) is 0.190. The van der Waals surface area contributed by atoms with Gasteiger partial charge in [-0.2, -0.15) is 0 Å². The summed E-state index contributed by atoms with van der Waals surface area (Å²) in [7, 11) is 0. The Balaban J connectivity index is 2.08. The van der Waals surface area contributed by atoms with E-state index in [1.54, 1.807) is 6.20 Å². The third-order valence-corrected chi connectivity index (χ3v) is 4.25. The second-order valence-corrected chi connectivity index (χ2v) is 6.00. The molecular formula is C21H22N2O. The van der Waals surface area contributed by atoms with E-state index in [1.165, 1.54) is 5.56 Å². The van der Waals surface area contributed by atoms with E-state index in [2.05, 4.69) is 4.98 Å². The highest BCUT2D eigenvalue weighted by Crippen LogP contribution is 2.33. The minimum Gasteiger partial charge on any atom is -0.380 e. The Labute approximate surface area is 142 Å². The van der Waals surface area contributed by atoms with Gasteiger partial charge in [0.25, 0.3) is 0 Å². The lowest BCUT2D eigenvalue weighted by Crippen LogP contribution is -2.31. The molecule has 0 aliphatic heterocycles. The molecule has 0 bridgehead atoms. The maximum Gasteiger partial charge on any atom is 0.122 e. The molecule has 122 valence electrons. The van der Waals surface area contributed by atoms with Crippen molar-refractivity contribution < 1.29 is 5.11 Å². The van der Waals surface area contributed by atoms with E-state index in [1.807, 2.05) is 91.5 Å². The van der Waals surface area contributed by atoms with Crippen LogP contribution in [-0.4, -0.2) is 14.7 Å². The van der Waals surface area contributed by atoms with Crippen LogP contribution in [0.2, 0.25) is 0 Å². The second kappa shape index (κ2) is 6.85. The van der Waals surface area contributed by atoms with Gasteiger partial charge in [-0.15, -0.1) is 0 Å². The van der Waals surface area contributed by atoms with Crippen molar-refractivity contribution in [1.82, 2.24) is 9.55 Å². The molecular weight excluding hydrogens is 296 g/mol. The quantitative estimate of drug-likeness (QED) is 0.767. The molecule has 24 heavy (non-hydrogen) atoms. The minimum atomic E-state index is -1.13. The topological polar surface area (TPSA) is 38.0 Å². The fourth-order valence-corrected chi connectivity index (χ4v) is 2.92. The average molecular weight is 318 g/mol. The van der Waals surface area contributed by atoms with E-state index < -0.39 is 5.60 Å². The number of allylic oxidation sites excluding steroid dienone is 1. The summed E-state index contributed by atoms with van der Waals surface area (Å²) in [5.41, 5.74) is 1.78. The van der Waals surface area contributed by atoms with Gasteiger partial charge >= 0.3 is 0 Å². The molecule has 0 saturated carbocycles. The number of hydrogen-bond acceptors (Lipinski definition) is 2. The van der Waals surface area contributed by atoms with Crippen LogP contribution >= 0.6 is 0 Å². The van der Waals surface area contributed by atoms with Gasteiger partial charge in [-0.1, -0.05) is 66.2 Å². The molecule has 3 aromatic rings. The van der Waals surface area contributed by atoms with Gasteiger partial charge in [-0.3, -0.25) is 0 Å². The average Bonchev–Trinajstić information content (AvgIpc) is 3.03. The summed E-state index contributed by atoms with van der Waals surface area (Å²) in [6.07, 6.45) is 7.96. The Kier molecular flexibility index (Phi) is 4.63. The number of aromatic nitrogens is 2. The van der Waals surface area contributed by atoms with Crippen LogP contribution in [0.3, 0.4) is 0 Å². The SMILES string of the molecule is C/C=C/n1ccnc1C[C@](O)(c1ccccc1)c1ccc(C)cc1. The van der Waals surface area contributed by atoms with Gasteiger partial charge in [0.1, 0.15) is 11.4 Å². The first-order chi connectivity index (χ1) is 11.6. The molecule has 0 unspecified atom stereocenters. The third kappa shape index (κ3) is 3.17. The predicted octanol–water partition coefficient (Wildman–Crippen LogP) is 4.16. The number of benzene rings is 2. The zero-order chi connectivity index (χ0) is 17.0. The predicted molar refractivity (Wildman–Crippen MR) is 97.6 cm³/mol. The number of hydrogen-bond donors (Lipinski definition) is 1. The highest BCUT2D eigenvalue weighted by Gasteiger charge is 2.33. The Bertz CT molecular complexity index is 819. The van der Waals surface area contributed by atoms with Gasteiger partial charge in [0, 0.05) is 25.0 Å². The summed E-state index contributed by atoms with van der Waals surface area (Å²) in [4.78, 5) is 4.44. The van der Waals surface area contributed by atoms with Crippen LogP contribution in [0.5, 0.6) is 0 Å². The molecule has 1 heterocycles. The van der Waals surface area contributed by atoms with E-state index in [-0.39, 0.29) is 0 Å². The summed E-state index contributed by atoms with van der Waals surface area (Å²) >= 11 is 0. The molecule has 0 saturated heterocycles. The molecule has 3 nitrogen and oxygen atoms in total. The van der Waals surface area contributed by atoms with Gasteiger partial charge in [0.05, 0.1) is 0 Å². The maximum absolute atomic E-state index is 11.6. The lowest BCUT2D eigenvalue weighted by atomic mass is 9.83. The summed E-state index contributed by atoms with van der Waals surface area (Å²) < 4.78 is 1.95. The monoisotopic (exact) mass is 318 g/mol. The van der Waals surface area contributed by atoms with Crippen molar-refractivity contribution in [3.63, 3.8) is 0 Å². The largest absolute Gasteiger partial charge is 0.380 e. The highest BCUT2D eigenvalue weighted by molar-refractivity contribution is 5.39. The summed E-state index contributed by atoms with van der Waals surface area (Å²) in [6.45, 7) is 4.01. The lowest BCUT2D eigenvalue weighted by molar-refractivity contribution is 0.0786. The zero-order valence-corrected chi connectivity index (χ0v) is 14.1. The maximum atomic E-state index is 11.6. The number of aliphatic hydroxyl groups is 1. The van der Waals surface area contributed by atoms with Gasteiger partial charge in [0.15, 0.2) is 0 Å². The molecule has 0 fully saturated rings. The first-order valence-electron chi connectivity index (χ1n) is 8.13. The van der Waals surface area contributed by atoms with Crippen LogP contribution < -0.4 is 0 Å². The molecule has 1 atom stereocenters. The van der Waals surface area contributed by atoms with Crippen molar-refractivity contribution in [1.29, 1.82) is 0 Å². The molecule has 1 aromatic heterocycles. The van der Waals surface area contributed by atoms with Crippen molar-refractivity contribution in [3.05, 3.63) is 95.6 Å². The van der Waals surface area contributed by atoms with Crippen LogP contribution in [-0.2, 0) is 12.0 Å². The molecule has 0 radical (unpaired) electrons. The first kappa shape index (κ1) is 16.2. The molecule has 0 aliphatic rings. The molecule has 1 N–H and O–H groups in total. The first-order valence-corrected chi connectivity index (χ1v) is 8.13. The van der Waals surface area contributed by atoms with Crippen molar-refractivity contribution in [2.24, 2.45) is 0 Å². The van der Waals surface area contributed by atoms with Gasteiger partial charge in [-0.25, -0.2) is 4.98 Å². The van der Waals surface area contributed by atoms with E-state index in [0.717, 1.165) is 17.0 Å². The second-order valence-electron chi connectivity index (χ2n) is 6.00. The summed E-state index contributed by atoms with van der Waals surface area (Å²) in [6, 6.07) is 17.8. The zero-order valence-electron chi connectivity index (χ0n) is 14.1. The standard InChI is InChI=1S/C21H22N2O/c1-3-14-23-15-13-22-20(23)16-21(24,18-7-5-4-6-8-18)19-11-9-17(2)10-12-19/h3-15,24H,16H2,1-2H3/b14-3+/t21-/m0/s1. The van der Waals surface area contributed by atoms with E-state index in [0.29, 0.717) is 6.42 Å². The summed E-state index contributed by atoms with van der Waals surface area (Å²) in [5.74, 6) is 0.819. The molecule has 0 amide bonds. The molecule has 0 spiro atoms. The van der Waals surface area contributed by atoms with Gasteiger partial charge in [-0.05, 0) is 25.0 Å². The fourth-order valence-electron chi connectivity index (χ4n) is 2.92. The molecule has 3 rings (SSSR count). The van der Waals surface area contributed by atoms with Crippen molar-refractivity contribution in [2.75, 3.05) is 0 Å². The summed E-state index contributed by atoms with van der Waals surface area (Å²) in [5, 5.41) is 11.6. The van der Waals surface area contributed by atoms with E-state index >= 15 is 0 Å². The van der Waals surface area contributed by atoms with Crippen molar-refractivity contribution in [3.8, 4) is 0 Å². The van der Waals surface area contributed by atoms with Crippen molar-refractivity contribution in [2.45, 2.75) is 25.9 Å². The number of nitrogens with zero attached hydrogens (tertiary/aromatic N) is 2. The lowest BCUT2D eigenvalue weighted by Gasteiger charge is -2.29. The van der Waals surface area contributed by atoms with Crippen LogP contribution in [0.15, 0.2) is 73.1 Å². The van der Waals surface area contributed by atoms with Crippen LogP contribution in [0.25, 0.3) is 6.20 Å². The third-order valence-electron chi connectivity index (χ3n) is 4.25. The van der Waals surface area contributed by atoms with E-state index in [4.69, 9.17) is 0 Å². The Morgan fingerprint density at radius 2 is 1.71 bits per heavy atom. The highest BCUT2D eigenvalue weighted by atomic mass is 16.3. The number of imidazole rings is 1. The van der Waals surface area contributed by atoms with Crippen LogP contribution in [0, 0.1) is 6.92 Å². The van der Waals surface area contributed by atoms with Crippen LogP contribution in [0.1, 0.15) is 29.4 Å². The Morgan fingerprint density at radius 1 is 1.04 bits per heavy atom. The molecule has 0 aliphatic carbocycles. The smallest absolute Gasteiger partial charge is 0.122 e. The van der Waals surface area contributed by atoms with Crippen LogP contribution in [0.4, 0.5) is 0 Å². The van der Waals surface area contributed by atoms with Crippen molar-refractivity contribution >= 4 is 6.20 Å². The van der Waals surface area contributed by atoms with Gasteiger partial charge in [0.2, 0.25) is 0 Å². The molecule has 2 aromatic carbocycles.